The van der Waals surface area contributed by atoms with E-state index < -0.39 is 23.3 Å². The number of nitrogens with zero attached hydrogens (tertiary/aromatic N) is 4. The highest BCUT2D eigenvalue weighted by molar-refractivity contribution is 5.98. The second kappa shape index (κ2) is 7.89. The summed E-state index contributed by atoms with van der Waals surface area (Å²) in [5, 5.41) is 13.1. The number of carbonyl (C=O) groups is 2. The van der Waals surface area contributed by atoms with E-state index >= 15 is 0 Å². The molecule has 9 heteroatoms. The molecule has 5 rings (SSSR count). The SMILES string of the molecule is Cn1c(-c2nc3ccccc3n2C2CCC2)nc(C(=O)NC2CCCCC2=O)c(O)c1=O. The third-order valence-electron chi connectivity index (χ3n) is 6.58. The van der Waals surface area contributed by atoms with E-state index in [-0.39, 0.29) is 23.3 Å². The fourth-order valence-corrected chi connectivity index (χ4v) is 4.53. The standard InChI is InChI=1S/C23H25N5O4/c1-27-20(21-24-14-9-2-4-11-16(14)28(21)13-7-6-8-13)26-18(19(30)23(27)32)22(31)25-15-10-3-5-12-17(15)29/h2,4,9,11,13,15,30H,3,5-8,10,12H2,1H3,(H,25,31). The molecule has 3 aromatic rings. The molecule has 166 valence electrons. The van der Waals surface area contributed by atoms with E-state index in [1.807, 2.05) is 24.3 Å². The summed E-state index contributed by atoms with van der Waals surface area (Å²) in [6.45, 7) is 0. The van der Waals surface area contributed by atoms with Gasteiger partial charge in [0, 0.05) is 19.5 Å². The molecule has 2 aliphatic rings. The van der Waals surface area contributed by atoms with Gasteiger partial charge >= 0.3 is 0 Å². The number of ketones is 1. The Hall–Kier alpha value is -3.49. The predicted octanol–water partition coefficient (Wildman–Crippen LogP) is 2.47. The zero-order valence-corrected chi connectivity index (χ0v) is 17.9. The normalized spacial score (nSPS) is 19.2. The van der Waals surface area contributed by atoms with Gasteiger partial charge in [-0.3, -0.25) is 19.0 Å². The van der Waals surface area contributed by atoms with Gasteiger partial charge in [0.1, 0.15) is 0 Å². The third-order valence-corrected chi connectivity index (χ3v) is 6.58. The average Bonchev–Trinajstić information content (AvgIpc) is 3.11. The maximum Gasteiger partial charge on any atom is 0.296 e. The van der Waals surface area contributed by atoms with Crippen LogP contribution in [0.5, 0.6) is 5.75 Å². The number of imidazole rings is 1. The van der Waals surface area contributed by atoms with Crippen molar-refractivity contribution in [1.29, 1.82) is 0 Å². The zero-order chi connectivity index (χ0) is 22.4. The molecule has 2 N–H and O–H groups in total. The molecule has 1 unspecified atom stereocenters. The number of amides is 1. The van der Waals surface area contributed by atoms with Crippen molar-refractivity contribution in [2.24, 2.45) is 7.05 Å². The number of hydrogen-bond acceptors (Lipinski definition) is 6. The van der Waals surface area contributed by atoms with Gasteiger partial charge in [0.2, 0.25) is 5.75 Å². The number of hydrogen-bond donors (Lipinski definition) is 2. The summed E-state index contributed by atoms with van der Waals surface area (Å²) >= 11 is 0. The molecule has 0 radical (unpaired) electrons. The largest absolute Gasteiger partial charge is 0.501 e. The van der Waals surface area contributed by atoms with Crippen LogP contribution >= 0.6 is 0 Å². The lowest BCUT2D eigenvalue weighted by atomic mass is 9.92. The molecule has 2 heterocycles. The Bertz CT molecular complexity index is 1290. The van der Waals surface area contributed by atoms with Crippen LogP contribution < -0.4 is 10.9 Å². The average molecular weight is 435 g/mol. The fraction of sp³-hybridized carbons (Fsp3) is 0.435. The van der Waals surface area contributed by atoms with Crippen molar-refractivity contribution >= 4 is 22.7 Å². The number of fused-ring (bicyclic) bond motifs is 1. The second-order valence-corrected chi connectivity index (χ2v) is 8.61. The Morgan fingerprint density at radius 2 is 1.84 bits per heavy atom. The van der Waals surface area contributed by atoms with Crippen LogP contribution in [0.3, 0.4) is 0 Å². The smallest absolute Gasteiger partial charge is 0.296 e. The Balaban J connectivity index is 1.62. The molecule has 2 aromatic heterocycles. The molecular weight excluding hydrogens is 410 g/mol. The minimum atomic E-state index is -0.734. The van der Waals surface area contributed by atoms with Crippen LogP contribution in [-0.4, -0.2) is 41.9 Å². The Kier molecular flexibility index (Phi) is 5.03. The van der Waals surface area contributed by atoms with Crippen molar-refractivity contribution in [3.8, 4) is 17.4 Å². The van der Waals surface area contributed by atoms with Crippen LogP contribution in [0.2, 0.25) is 0 Å². The van der Waals surface area contributed by atoms with Gasteiger partial charge < -0.3 is 15.0 Å². The first-order valence-corrected chi connectivity index (χ1v) is 11.1. The Morgan fingerprint density at radius 1 is 1.06 bits per heavy atom. The molecule has 32 heavy (non-hydrogen) atoms. The van der Waals surface area contributed by atoms with Gasteiger partial charge in [0.15, 0.2) is 23.1 Å². The number of benzene rings is 1. The molecule has 0 spiro atoms. The summed E-state index contributed by atoms with van der Waals surface area (Å²) in [5.41, 5.74) is 0.597. The summed E-state index contributed by atoms with van der Waals surface area (Å²) in [7, 11) is 1.50. The number of nitrogens with one attached hydrogen (secondary N) is 1. The molecule has 0 bridgehead atoms. The lowest BCUT2D eigenvalue weighted by Gasteiger charge is -2.29. The molecule has 2 fully saturated rings. The molecule has 9 nitrogen and oxygen atoms in total. The van der Waals surface area contributed by atoms with Gasteiger partial charge in [0.25, 0.3) is 11.5 Å². The van der Waals surface area contributed by atoms with Crippen molar-refractivity contribution in [2.45, 2.75) is 57.0 Å². The Morgan fingerprint density at radius 3 is 2.56 bits per heavy atom. The van der Waals surface area contributed by atoms with Crippen LogP contribution in [0.15, 0.2) is 29.1 Å². The first kappa shape index (κ1) is 20.4. The third kappa shape index (κ3) is 3.28. The molecule has 0 aliphatic heterocycles. The van der Waals surface area contributed by atoms with Gasteiger partial charge in [-0.15, -0.1) is 0 Å². The summed E-state index contributed by atoms with van der Waals surface area (Å²) < 4.78 is 3.29. The number of carbonyl (C=O) groups excluding carboxylic acids is 2. The van der Waals surface area contributed by atoms with Gasteiger partial charge in [-0.25, -0.2) is 9.97 Å². The van der Waals surface area contributed by atoms with E-state index in [9.17, 15) is 19.5 Å². The van der Waals surface area contributed by atoms with E-state index in [1.165, 1.54) is 11.6 Å². The van der Waals surface area contributed by atoms with Gasteiger partial charge in [-0.05, 0) is 44.2 Å². The van der Waals surface area contributed by atoms with Crippen LogP contribution in [-0.2, 0) is 11.8 Å². The minimum absolute atomic E-state index is 0.0417. The highest BCUT2D eigenvalue weighted by Crippen LogP contribution is 2.38. The van der Waals surface area contributed by atoms with Crippen molar-refractivity contribution in [3.63, 3.8) is 0 Å². The predicted molar refractivity (Wildman–Crippen MR) is 117 cm³/mol. The molecule has 2 aliphatic carbocycles. The van der Waals surface area contributed by atoms with Crippen LogP contribution in [0.4, 0.5) is 0 Å². The summed E-state index contributed by atoms with van der Waals surface area (Å²) in [6, 6.07) is 7.32. The lowest BCUT2D eigenvalue weighted by Crippen LogP contribution is -2.43. The van der Waals surface area contributed by atoms with Gasteiger partial charge in [0.05, 0.1) is 17.1 Å². The number of aromatic nitrogens is 4. The minimum Gasteiger partial charge on any atom is -0.501 e. The maximum atomic E-state index is 12.9. The number of Topliss-reactive ketones (excluding diaryl/α,β-unsaturated/α-hetero) is 1. The fourth-order valence-electron chi connectivity index (χ4n) is 4.53. The van der Waals surface area contributed by atoms with Crippen molar-refractivity contribution < 1.29 is 14.7 Å². The van der Waals surface area contributed by atoms with Gasteiger partial charge in [-0.2, -0.15) is 0 Å². The van der Waals surface area contributed by atoms with E-state index in [0.29, 0.717) is 18.7 Å². The highest BCUT2D eigenvalue weighted by Gasteiger charge is 2.30. The number of aromatic hydroxyl groups is 1. The molecule has 1 amide bonds. The quantitative estimate of drug-likeness (QED) is 0.650. The molecule has 1 atom stereocenters. The monoisotopic (exact) mass is 435 g/mol. The van der Waals surface area contributed by atoms with Crippen LogP contribution in [0.25, 0.3) is 22.7 Å². The topological polar surface area (TPSA) is 119 Å². The maximum absolute atomic E-state index is 12.9. The van der Waals surface area contributed by atoms with Gasteiger partial charge in [-0.1, -0.05) is 18.6 Å². The Labute approximate surface area is 184 Å². The van der Waals surface area contributed by atoms with E-state index in [4.69, 9.17) is 4.98 Å². The summed E-state index contributed by atoms with van der Waals surface area (Å²) in [4.78, 5) is 47.0. The summed E-state index contributed by atoms with van der Waals surface area (Å²) in [5.74, 6) is -0.814. The second-order valence-electron chi connectivity index (χ2n) is 8.61. The van der Waals surface area contributed by atoms with E-state index in [2.05, 4.69) is 14.9 Å². The highest BCUT2D eigenvalue weighted by atomic mass is 16.3. The first-order chi connectivity index (χ1) is 15.5. The van der Waals surface area contributed by atoms with Crippen LogP contribution in [0.1, 0.15) is 61.5 Å². The first-order valence-electron chi connectivity index (χ1n) is 11.1. The number of rotatable bonds is 4. The van der Waals surface area contributed by atoms with Crippen LogP contribution in [0, 0.1) is 0 Å². The van der Waals surface area contributed by atoms with Crippen molar-refractivity contribution in [3.05, 3.63) is 40.3 Å². The molecule has 1 aromatic carbocycles. The van der Waals surface area contributed by atoms with E-state index in [1.54, 1.807) is 0 Å². The van der Waals surface area contributed by atoms with Crippen molar-refractivity contribution in [2.75, 3.05) is 0 Å². The zero-order valence-electron chi connectivity index (χ0n) is 17.9. The molecular formula is C23H25N5O4. The number of para-hydroxylation sites is 2. The molecule has 2 saturated carbocycles. The molecule has 0 saturated heterocycles. The van der Waals surface area contributed by atoms with Crippen molar-refractivity contribution in [1.82, 2.24) is 24.4 Å². The summed E-state index contributed by atoms with van der Waals surface area (Å²) in [6.07, 6.45) is 5.71. The lowest BCUT2D eigenvalue weighted by molar-refractivity contribution is -0.122. The van der Waals surface area contributed by atoms with E-state index in [0.717, 1.165) is 43.1 Å².